The molecule has 1 fully saturated rings. The first-order chi connectivity index (χ1) is 10.00. The van der Waals surface area contributed by atoms with Crippen molar-refractivity contribution in [3.63, 3.8) is 0 Å². The Morgan fingerprint density at radius 1 is 1.48 bits per heavy atom. The van der Waals surface area contributed by atoms with Gasteiger partial charge >= 0.3 is 0 Å². The highest BCUT2D eigenvalue weighted by atomic mass is 19.3. The Morgan fingerprint density at radius 3 is 3.00 bits per heavy atom. The maximum Gasteiger partial charge on any atom is 0.248 e. The number of hydrogen-bond acceptors (Lipinski definition) is 3. The van der Waals surface area contributed by atoms with Crippen molar-refractivity contribution in [3.8, 4) is 5.88 Å². The molecule has 6 heteroatoms. The van der Waals surface area contributed by atoms with E-state index in [4.69, 9.17) is 4.74 Å². The average Bonchev–Trinajstić information content (AvgIpc) is 2.45. The van der Waals surface area contributed by atoms with Gasteiger partial charge in [0.1, 0.15) is 5.39 Å². The van der Waals surface area contributed by atoms with Gasteiger partial charge in [0.2, 0.25) is 11.8 Å². The van der Waals surface area contributed by atoms with Crippen LogP contribution < -0.4 is 10.2 Å². The molecular formula is C15H16F2N2O2. The SMILES string of the molecule is COc1nccc2[nH]c([C@H]3CCCC(F)(F)C3)cc(=O)c12. The van der Waals surface area contributed by atoms with E-state index in [1.807, 2.05) is 0 Å². The van der Waals surface area contributed by atoms with E-state index in [-0.39, 0.29) is 30.1 Å². The minimum Gasteiger partial charge on any atom is -0.480 e. The lowest BCUT2D eigenvalue weighted by Gasteiger charge is -2.29. The van der Waals surface area contributed by atoms with Crippen LogP contribution in [-0.2, 0) is 0 Å². The van der Waals surface area contributed by atoms with E-state index in [0.29, 0.717) is 29.4 Å². The lowest BCUT2D eigenvalue weighted by Crippen LogP contribution is -2.26. The lowest BCUT2D eigenvalue weighted by molar-refractivity contribution is -0.0412. The van der Waals surface area contributed by atoms with Crippen LogP contribution in [0.1, 0.15) is 37.3 Å². The van der Waals surface area contributed by atoms with Crippen LogP contribution in [-0.4, -0.2) is 23.0 Å². The second-order valence-corrected chi connectivity index (χ2v) is 5.48. The average molecular weight is 294 g/mol. The molecule has 112 valence electrons. The lowest BCUT2D eigenvalue weighted by atomic mass is 9.84. The van der Waals surface area contributed by atoms with Gasteiger partial charge in [-0.2, -0.15) is 0 Å². The van der Waals surface area contributed by atoms with Crippen molar-refractivity contribution in [1.82, 2.24) is 9.97 Å². The summed E-state index contributed by atoms with van der Waals surface area (Å²) in [5.41, 5.74) is 0.885. The molecular weight excluding hydrogens is 278 g/mol. The Balaban J connectivity index is 2.07. The van der Waals surface area contributed by atoms with Crippen LogP contribution >= 0.6 is 0 Å². The summed E-state index contributed by atoms with van der Waals surface area (Å²) in [6.45, 7) is 0. The van der Waals surface area contributed by atoms with Gasteiger partial charge in [-0.25, -0.2) is 13.8 Å². The summed E-state index contributed by atoms with van der Waals surface area (Å²) in [5, 5.41) is 0.353. The Hall–Kier alpha value is -1.98. The molecule has 0 aliphatic heterocycles. The molecule has 0 saturated heterocycles. The van der Waals surface area contributed by atoms with Crippen LogP contribution in [0.3, 0.4) is 0 Å². The number of rotatable bonds is 2. The molecule has 1 aliphatic carbocycles. The summed E-state index contributed by atoms with van der Waals surface area (Å²) in [6.07, 6.45) is 2.38. The summed E-state index contributed by atoms with van der Waals surface area (Å²) < 4.78 is 32.2. The van der Waals surface area contributed by atoms with Crippen LogP contribution in [0.25, 0.3) is 10.9 Å². The normalized spacial score (nSPS) is 21.4. The molecule has 4 nitrogen and oxygen atoms in total. The van der Waals surface area contributed by atoms with Gasteiger partial charge in [-0.3, -0.25) is 4.79 Å². The van der Waals surface area contributed by atoms with Crippen molar-refractivity contribution < 1.29 is 13.5 Å². The molecule has 0 radical (unpaired) electrons. The molecule has 1 N–H and O–H groups in total. The molecule has 21 heavy (non-hydrogen) atoms. The number of ether oxygens (including phenoxy) is 1. The van der Waals surface area contributed by atoms with Gasteiger partial charge in [0.15, 0.2) is 5.43 Å². The Bertz CT molecular complexity index is 727. The van der Waals surface area contributed by atoms with Crippen molar-refractivity contribution in [1.29, 1.82) is 0 Å². The van der Waals surface area contributed by atoms with Gasteiger partial charge in [-0.05, 0) is 18.9 Å². The Morgan fingerprint density at radius 2 is 2.29 bits per heavy atom. The molecule has 0 amide bonds. The van der Waals surface area contributed by atoms with E-state index in [1.165, 1.54) is 19.4 Å². The second kappa shape index (κ2) is 5.09. The molecule has 2 heterocycles. The molecule has 1 atom stereocenters. The van der Waals surface area contributed by atoms with Crippen molar-refractivity contribution in [2.75, 3.05) is 7.11 Å². The van der Waals surface area contributed by atoms with E-state index < -0.39 is 5.92 Å². The number of nitrogens with one attached hydrogen (secondary N) is 1. The number of nitrogens with zero attached hydrogens (tertiary/aromatic N) is 1. The predicted molar refractivity (Wildman–Crippen MR) is 75.1 cm³/mol. The smallest absolute Gasteiger partial charge is 0.248 e. The van der Waals surface area contributed by atoms with Crippen molar-refractivity contribution in [2.24, 2.45) is 0 Å². The summed E-state index contributed by atoms with van der Waals surface area (Å²) in [6, 6.07) is 3.06. The van der Waals surface area contributed by atoms with E-state index >= 15 is 0 Å². The van der Waals surface area contributed by atoms with Gasteiger partial charge in [0.05, 0.1) is 12.6 Å². The largest absolute Gasteiger partial charge is 0.480 e. The van der Waals surface area contributed by atoms with Gasteiger partial charge in [-0.1, -0.05) is 0 Å². The fraction of sp³-hybridized carbons (Fsp3) is 0.467. The van der Waals surface area contributed by atoms with Gasteiger partial charge in [0.25, 0.3) is 0 Å². The highest BCUT2D eigenvalue weighted by Crippen LogP contribution is 2.41. The zero-order chi connectivity index (χ0) is 15.0. The molecule has 3 rings (SSSR count). The van der Waals surface area contributed by atoms with E-state index in [1.54, 1.807) is 6.07 Å². The van der Waals surface area contributed by atoms with Crippen LogP contribution in [0.4, 0.5) is 8.78 Å². The summed E-state index contributed by atoms with van der Waals surface area (Å²) >= 11 is 0. The number of H-pyrrole nitrogens is 1. The first kappa shape index (κ1) is 14.0. The van der Waals surface area contributed by atoms with E-state index in [9.17, 15) is 13.6 Å². The quantitative estimate of drug-likeness (QED) is 0.925. The standard InChI is InChI=1S/C15H16F2N2O2/c1-21-14-13-10(4-6-18-14)19-11(7-12(13)20)9-3-2-5-15(16,17)8-9/h4,6-7,9H,2-3,5,8H2,1H3,(H,19,20)/t9-/m0/s1. The number of halogens is 2. The minimum atomic E-state index is -2.65. The molecule has 0 aromatic carbocycles. The zero-order valence-corrected chi connectivity index (χ0v) is 11.7. The third kappa shape index (κ3) is 2.62. The molecule has 0 unspecified atom stereocenters. The van der Waals surface area contributed by atoms with Gasteiger partial charge < -0.3 is 9.72 Å². The van der Waals surface area contributed by atoms with Crippen LogP contribution in [0.5, 0.6) is 5.88 Å². The monoisotopic (exact) mass is 294 g/mol. The van der Waals surface area contributed by atoms with Crippen molar-refractivity contribution in [2.45, 2.75) is 37.5 Å². The first-order valence-electron chi connectivity index (χ1n) is 6.94. The Kier molecular flexibility index (Phi) is 3.39. The zero-order valence-electron chi connectivity index (χ0n) is 11.7. The predicted octanol–water partition coefficient (Wildman–Crippen LogP) is 3.22. The van der Waals surface area contributed by atoms with Gasteiger partial charge in [-0.15, -0.1) is 0 Å². The number of methoxy groups -OCH3 is 1. The van der Waals surface area contributed by atoms with Crippen LogP contribution in [0, 0.1) is 0 Å². The number of aromatic nitrogens is 2. The van der Waals surface area contributed by atoms with Gasteiger partial charge in [0, 0.05) is 36.7 Å². The third-order valence-corrected chi connectivity index (χ3v) is 4.00. The maximum atomic E-state index is 13.6. The fourth-order valence-electron chi connectivity index (χ4n) is 3.00. The van der Waals surface area contributed by atoms with E-state index in [2.05, 4.69) is 9.97 Å². The summed E-state index contributed by atoms with van der Waals surface area (Å²) in [4.78, 5) is 19.3. The van der Waals surface area contributed by atoms with Crippen molar-refractivity contribution >= 4 is 10.9 Å². The molecule has 0 spiro atoms. The number of aromatic amines is 1. The molecule has 2 aromatic rings. The third-order valence-electron chi connectivity index (χ3n) is 4.00. The second-order valence-electron chi connectivity index (χ2n) is 5.48. The molecule has 1 saturated carbocycles. The van der Waals surface area contributed by atoms with Crippen LogP contribution in [0.2, 0.25) is 0 Å². The first-order valence-corrected chi connectivity index (χ1v) is 6.94. The number of pyridine rings is 2. The topological polar surface area (TPSA) is 55.0 Å². The highest BCUT2D eigenvalue weighted by Gasteiger charge is 2.37. The van der Waals surface area contributed by atoms with E-state index in [0.717, 1.165) is 0 Å². The minimum absolute atomic E-state index is 0.0704. The molecule has 2 aromatic heterocycles. The number of alkyl halides is 2. The fourth-order valence-corrected chi connectivity index (χ4v) is 3.00. The molecule has 1 aliphatic rings. The van der Waals surface area contributed by atoms with Crippen LogP contribution in [0.15, 0.2) is 23.1 Å². The summed E-state index contributed by atoms with van der Waals surface area (Å²) in [7, 11) is 1.44. The summed E-state index contributed by atoms with van der Waals surface area (Å²) in [5.74, 6) is -2.72. The highest BCUT2D eigenvalue weighted by molar-refractivity contribution is 5.83. The van der Waals surface area contributed by atoms with Crippen molar-refractivity contribution in [3.05, 3.63) is 34.2 Å². The maximum absolute atomic E-state index is 13.6. The number of fused-ring (bicyclic) bond motifs is 1. The Labute approximate surface area is 120 Å². The molecule has 0 bridgehead atoms. The number of hydrogen-bond donors (Lipinski definition) is 1.